The molecule has 2 rings (SSSR count). The van der Waals surface area contributed by atoms with Gasteiger partial charge in [0, 0.05) is 42.6 Å². The Kier molecular flexibility index (Phi) is 4.60. The van der Waals surface area contributed by atoms with Gasteiger partial charge in [-0.05, 0) is 18.6 Å². The van der Waals surface area contributed by atoms with Crippen molar-refractivity contribution in [3.05, 3.63) is 62.7 Å². The van der Waals surface area contributed by atoms with E-state index in [0.29, 0.717) is 23.7 Å². The zero-order valence-corrected chi connectivity index (χ0v) is 11.6. The van der Waals surface area contributed by atoms with E-state index in [4.69, 9.17) is 11.6 Å². The molecule has 20 heavy (non-hydrogen) atoms. The lowest BCUT2D eigenvalue weighted by Crippen LogP contribution is -2.14. The number of aryl methyl sites for hydroxylation is 1. The van der Waals surface area contributed by atoms with Crippen molar-refractivity contribution in [2.75, 3.05) is 0 Å². The van der Waals surface area contributed by atoms with Crippen molar-refractivity contribution < 1.29 is 4.92 Å². The Morgan fingerprint density at radius 1 is 1.30 bits per heavy atom. The second-order valence-electron chi connectivity index (χ2n) is 4.29. The fraction of sp³-hybridized carbons (Fsp3) is 0.231. The predicted molar refractivity (Wildman–Crippen MR) is 75.4 cm³/mol. The van der Waals surface area contributed by atoms with Crippen molar-refractivity contribution in [2.24, 2.45) is 0 Å². The van der Waals surface area contributed by atoms with Crippen LogP contribution in [0.5, 0.6) is 0 Å². The number of nitro benzene ring substituents is 1. The Morgan fingerprint density at radius 3 is 2.75 bits per heavy atom. The minimum atomic E-state index is -0.439. The van der Waals surface area contributed by atoms with Crippen LogP contribution < -0.4 is 5.32 Å². The number of aromatic nitrogens is 2. The Bertz CT molecular complexity index is 616. The summed E-state index contributed by atoms with van der Waals surface area (Å²) in [7, 11) is 0. The lowest BCUT2D eigenvalue weighted by atomic mass is 10.2. The molecule has 0 saturated heterocycles. The summed E-state index contributed by atoms with van der Waals surface area (Å²) >= 11 is 6.01. The highest BCUT2D eigenvalue weighted by Crippen LogP contribution is 2.21. The second-order valence-corrected chi connectivity index (χ2v) is 4.69. The number of non-ortho nitro benzene ring substituents is 1. The summed E-state index contributed by atoms with van der Waals surface area (Å²) in [6, 6.07) is 4.38. The molecule has 0 bridgehead atoms. The average molecular weight is 293 g/mol. The van der Waals surface area contributed by atoms with E-state index in [0.717, 1.165) is 11.4 Å². The Morgan fingerprint density at radius 2 is 2.10 bits per heavy atom. The summed E-state index contributed by atoms with van der Waals surface area (Å²) < 4.78 is 0. The smallest absolute Gasteiger partial charge is 0.269 e. The van der Waals surface area contributed by atoms with Gasteiger partial charge in [0.1, 0.15) is 0 Å². The van der Waals surface area contributed by atoms with Crippen LogP contribution in [0.25, 0.3) is 0 Å². The van der Waals surface area contributed by atoms with Crippen LogP contribution in [0.15, 0.2) is 30.6 Å². The maximum atomic E-state index is 10.7. The molecular formula is C13H13ClN4O2. The standard InChI is InChI=1S/C13H13ClN4O2/c1-9-5-17-11(8-16-9)7-15-6-10-4-12(18(19)20)2-3-13(10)14/h2-5,8,15H,6-7H2,1H3. The number of benzene rings is 1. The first-order valence-corrected chi connectivity index (χ1v) is 6.35. The van der Waals surface area contributed by atoms with E-state index in [1.54, 1.807) is 12.4 Å². The van der Waals surface area contributed by atoms with Crippen molar-refractivity contribution in [3.8, 4) is 0 Å². The Hall–Kier alpha value is -2.05. The molecule has 1 N–H and O–H groups in total. The average Bonchev–Trinajstić information content (AvgIpc) is 2.43. The van der Waals surface area contributed by atoms with Crippen LogP contribution in [0.1, 0.15) is 17.0 Å². The Balaban J connectivity index is 1.98. The van der Waals surface area contributed by atoms with E-state index in [2.05, 4.69) is 15.3 Å². The minimum Gasteiger partial charge on any atom is -0.307 e. The van der Waals surface area contributed by atoms with E-state index in [9.17, 15) is 10.1 Å². The van der Waals surface area contributed by atoms with E-state index in [1.807, 2.05) is 6.92 Å². The lowest BCUT2D eigenvalue weighted by Gasteiger charge is -2.06. The number of nitrogens with one attached hydrogen (secondary N) is 1. The van der Waals surface area contributed by atoms with E-state index >= 15 is 0 Å². The van der Waals surface area contributed by atoms with Crippen molar-refractivity contribution >= 4 is 17.3 Å². The summed E-state index contributed by atoms with van der Waals surface area (Å²) in [5.41, 5.74) is 2.37. The molecule has 1 aromatic heterocycles. The lowest BCUT2D eigenvalue weighted by molar-refractivity contribution is -0.384. The summed E-state index contributed by atoms with van der Waals surface area (Å²) in [6.07, 6.45) is 3.38. The van der Waals surface area contributed by atoms with Crippen LogP contribution in [0.3, 0.4) is 0 Å². The molecule has 0 atom stereocenters. The molecule has 1 aromatic carbocycles. The zero-order chi connectivity index (χ0) is 14.5. The van der Waals surface area contributed by atoms with Crippen molar-refractivity contribution in [1.29, 1.82) is 0 Å². The molecule has 0 fully saturated rings. The van der Waals surface area contributed by atoms with Crippen LogP contribution in [-0.2, 0) is 13.1 Å². The van der Waals surface area contributed by atoms with Gasteiger partial charge in [-0.3, -0.25) is 20.1 Å². The van der Waals surface area contributed by atoms with Crippen molar-refractivity contribution in [2.45, 2.75) is 20.0 Å². The number of hydrogen-bond donors (Lipinski definition) is 1. The zero-order valence-electron chi connectivity index (χ0n) is 10.8. The molecule has 0 aliphatic heterocycles. The normalized spacial score (nSPS) is 10.5. The highest BCUT2D eigenvalue weighted by Gasteiger charge is 2.09. The predicted octanol–water partition coefficient (Wildman–Crippen LogP) is 2.64. The van der Waals surface area contributed by atoms with Gasteiger partial charge < -0.3 is 5.32 Å². The molecule has 0 radical (unpaired) electrons. The van der Waals surface area contributed by atoms with E-state index < -0.39 is 4.92 Å². The topological polar surface area (TPSA) is 81.0 Å². The van der Waals surface area contributed by atoms with Gasteiger partial charge in [0.05, 0.1) is 16.3 Å². The first-order chi connectivity index (χ1) is 9.56. The molecule has 0 unspecified atom stereocenters. The number of halogens is 1. The number of nitro groups is 1. The number of hydrogen-bond acceptors (Lipinski definition) is 5. The quantitative estimate of drug-likeness (QED) is 0.677. The molecule has 1 heterocycles. The first-order valence-electron chi connectivity index (χ1n) is 5.97. The van der Waals surface area contributed by atoms with Gasteiger partial charge in [-0.25, -0.2) is 0 Å². The summed E-state index contributed by atoms with van der Waals surface area (Å²) in [4.78, 5) is 18.6. The monoisotopic (exact) mass is 292 g/mol. The highest BCUT2D eigenvalue weighted by molar-refractivity contribution is 6.31. The number of rotatable bonds is 5. The summed E-state index contributed by atoms with van der Waals surface area (Å²) in [6.45, 7) is 2.81. The molecule has 2 aromatic rings. The van der Waals surface area contributed by atoms with Crippen LogP contribution >= 0.6 is 11.6 Å². The summed E-state index contributed by atoms with van der Waals surface area (Å²) in [5, 5.41) is 14.3. The SMILES string of the molecule is Cc1cnc(CNCc2cc([N+](=O)[O-])ccc2Cl)cn1. The fourth-order valence-electron chi connectivity index (χ4n) is 1.65. The van der Waals surface area contributed by atoms with Gasteiger partial charge in [-0.1, -0.05) is 11.6 Å². The maximum absolute atomic E-state index is 10.7. The van der Waals surface area contributed by atoms with Crippen molar-refractivity contribution in [3.63, 3.8) is 0 Å². The third kappa shape index (κ3) is 3.72. The molecular weight excluding hydrogens is 280 g/mol. The van der Waals surface area contributed by atoms with Gasteiger partial charge in [0.25, 0.3) is 5.69 Å². The molecule has 0 saturated carbocycles. The first kappa shape index (κ1) is 14.4. The van der Waals surface area contributed by atoms with Gasteiger partial charge >= 0.3 is 0 Å². The van der Waals surface area contributed by atoms with Crippen LogP contribution in [0.2, 0.25) is 5.02 Å². The third-order valence-corrected chi connectivity index (χ3v) is 3.06. The van der Waals surface area contributed by atoms with Crippen LogP contribution in [0, 0.1) is 17.0 Å². The van der Waals surface area contributed by atoms with Gasteiger partial charge in [0.2, 0.25) is 0 Å². The molecule has 0 amide bonds. The van der Waals surface area contributed by atoms with Gasteiger partial charge in [0.15, 0.2) is 0 Å². The molecule has 0 aliphatic rings. The second kappa shape index (κ2) is 6.40. The van der Waals surface area contributed by atoms with E-state index in [-0.39, 0.29) is 5.69 Å². The van der Waals surface area contributed by atoms with Crippen LogP contribution in [-0.4, -0.2) is 14.9 Å². The summed E-state index contributed by atoms with van der Waals surface area (Å²) in [5.74, 6) is 0. The molecule has 0 spiro atoms. The van der Waals surface area contributed by atoms with Gasteiger partial charge in [-0.15, -0.1) is 0 Å². The third-order valence-electron chi connectivity index (χ3n) is 2.70. The molecule has 0 aliphatic carbocycles. The van der Waals surface area contributed by atoms with Gasteiger partial charge in [-0.2, -0.15) is 0 Å². The molecule has 7 heteroatoms. The highest BCUT2D eigenvalue weighted by atomic mass is 35.5. The Labute approximate surface area is 121 Å². The van der Waals surface area contributed by atoms with Crippen LogP contribution in [0.4, 0.5) is 5.69 Å². The fourth-order valence-corrected chi connectivity index (χ4v) is 1.83. The molecule has 104 valence electrons. The number of nitrogens with zero attached hydrogens (tertiary/aromatic N) is 3. The minimum absolute atomic E-state index is 0.0290. The maximum Gasteiger partial charge on any atom is 0.269 e. The largest absolute Gasteiger partial charge is 0.307 e. The molecule has 6 nitrogen and oxygen atoms in total. The van der Waals surface area contributed by atoms with E-state index in [1.165, 1.54) is 18.2 Å². The van der Waals surface area contributed by atoms with Crippen molar-refractivity contribution in [1.82, 2.24) is 15.3 Å².